The first-order chi connectivity index (χ1) is 17.8. The fraction of sp³-hybridized carbons (Fsp3) is 0.241. The molecule has 2 aliphatic rings. The van der Waals surface area contributed by atoms with Crippen LogP contribution >= 0.6 is 11.6 Å². The van der Waals surface area contributed by atoms with Crippen LogP contribution in [0.5, 0.6) is 5.75 Å². The summed E-state index contributed by atoms with van der Waals surface area (Å²) in [6.45, 7) is 1.89. The highest BCUT2D eigenvalue weighted by atomic mass is 35.5. The van der Waals surface area contributed by atoms with Crippen LogP contribution in [0.1, 0.15) is 35.2 Å². The van der Waals surface area contributed by atoms with Crippen LogP contribution in [0, 0.1) is 5.82 Å². The van der Waals surface area contributed by atoms with Gasteiger partial charge in [-0.2, -0.15) is 0 Å². The molecule has 1 aromatic heterocycles. The van der Waals surface area contributed by atoms with Crippen molar-refractivity contribution in [1.82, 2.24) is 14.8 Å². The number of carbonyl (C=O) groups is 2. The number of H-pyrrole nitrogens is 1. The molecule has 6 rings (SSSR count). The Balaban J connectivity index is 1.49. The minimum atomic E-state index is -1.27. The molecule has 0 saturated carbocycles. The van der Waals surface area contributed by atoms with Gasteiger partial charge in [-0.15, -0.1) is 0 Å². The summed E-state index contributed by atoms with van der Waals surface area (Å²) in [5, 5.41) is 1.23. The standard InChI is InChI=1S/C29H25ClFN3O3/c1-29-27-26(19-6-3-4-9-24(19)32-27)20(17-10-12-18(37-2)13-11-17)15-34(29)25(35)16-33(28(29)36)14-21-22(30)7-5-8-23(21)31/h3-13,20,32H,14-16H2,1-2H3/t20-,29+/m1/s1. The molecule has 8 heteroatoms. The molecular weight excluding hydrogens is 493 g/mol. The first-order valence-corrected chi connectivity index (χ1v) is 12.5. The molecule has 1 saturated heterocycles. The van der Waals surface area contributed by atoms with E-state index in [4.69, 9.17) is 16.3 Å². The van der Waals surface area contributed by atoms with E-state index in [1.165, 1.54) is 17.0 Å². The van der Waals surface area contributed by atoms with Gasteiger partial charge < -0.3 is 19.5 Å². The molecule has 0 spiro atoms. The Bertz CT molecular complexity index is 1530. The highest BCUT2D eigenvalue weighted by Gasteiger charge is 2.56. The number of nitrogens with zero attached hydrogens (tertiary/aromatic N) is 2. The molecule has 1 N–H and O–H groups in total. The number of benzene rings is 3. The first-order valence-electron chi connectivity index (χ1n) is 12.1. The number of para-hydroxylation sites is 1. The zero-order chi connectivity index (χ0) is 25.9. The van der Waals surface area contributed by atoms with Crippen molar-refractivity contribution in [1.29, 1.82) is 0 Å². The number of aromatic amines is 1. The van der Waals surface area contributed by atoms with E-state index in [0.717, 1.165) is 27.8 Å². The first kappa shape index (κ1) is 23.6. The number of aromatic nitrogens is 1. The van der Waals surface area contributed by atoms with Gasteiger partial charge in [-0.05, 0) is 48.4 Å². The fourth-order valence-corrected chi connectivity index (χ4v) is 6.04. The molecule has 0 radical (unpaired) electrons. The number of ether oxygens (including phenoxy) is 1. The Morgan fingerprint density at radius 2 is 1.84 bits per heavy atom. The second kappa shape index (κ2) is 8.63. The third-order valence-electron chi connectivity index (χ3n) is 7.75. The third kappa shape index (κ3) is 3.52. The lowest BCUT2D eigenvalue weighted by atomic mass is 9.76. The van der Waals surface area contributed by atoms with Crippen molar-refractivity contribution in [3.63, 3.8) is 0 Å². The topological polar surface area (TPSA) is 65.6 Å². The highest BCUT2D eigenvalue weighted by molar-refractivity contribution is 6.31. The van der Waals surface area contributed by atoms with E-state index in [1.54, 1.807) is 25.0 Å². The molecule has 3 heterocycles. The minimum absolute atomic E-state index is 0.0863. The van der Waals surface area contributed by atoms with Gasteiger partial charge in [0.15, 0.2) is 5.54 Å². The van der Waals surface area contributed by atoms with Crippen molar-refractivity contribution < 1.29 is 18.7 Å². The lowest BCUT2D eigenvalue weighted by Crippen LogP contribution is -2.67. The average Bonchev–Trinajstić information content (AvgIpc) is 3.30. The third-order valence-corrected chi connectivity index (χ3v) is 8.10. The SMILES string of the molecule is COc1ccc([C@H]2CN3C(=O)CN(Cc4c(F)cccc4Cl)C(=O)[C@]3(C)c3[nH]c4ccccc4c32)cc1. The van der Waals surface area contributed by atoms with Crippen molar-refractivity contribution in [2.24, 2.45) is 0 Å². The maximum atomic E-state index is 14.6. The monoisotopic (exact) mass is 517 g/mol. The predicted octanol–water partition coefficient (Wildman–Crippen LogP) is 5.20. The summed E-state index contributed by atoms with van der Waals surface area (Å²) in [7, 11) is 1.62. The lowest BCUT2D eigenvalue weighted by Gasteiger charge is -2.51. The van der Waals surface area contributed by atoms with E-state index in [9.17, 15) is 14.0 Å². The maximum Gasteiger partial charge on any atom is 0.255 e. The summed E-state index contributed by atoms with van der Waals surface area (Å²) in [5.41, 5.74) is 2.52. The number of nitrogens with one attached hydrogen (secondary N) is 1. The fourth-order valence-electron chi connectivity index (χ4n) is 5.81. The van der Waals surface area contributed by atoms with E-state index >= 15 is 0 Å². The quantitative estimate of drug-likeness (QED) is 0.404. The normalized spacial score (nSPS) is 21.2. The lowest BCUT2D eigenvalue weighted by molar-refractivity contribution is -0.167. The van der Waals surface area contributed by atoms with Gasteiger partial charge in [0.05, 0.1) is 19.3 Å². The van der Waals surface area contributed by atoms with Crippen molar-refractivity contribution >= 4 is 34.3 Å². The number of rotatable bonds is 4. The van der Waals surface area contributed by atoms with E-state index < -0.39 is 11.4 Å². The molecule has 2 aliphatic heterocycles. The van der Waals surface area contributed by atoms with Crippen molar-refractivity contribution in [2.75, 3.05) is 20.2 Å². The Labute approximate surface area is 218 Å². The van der Waals surface area contributed by atoms with Gasteiger partial charge >= 0.3 is 0 Å². The molecular formula is C29H25ClFN3O3. The Kier molecular flexibility index (Phi) is 5.49. The zero-order valence-electron chi connectivity index (χ0n) is 20.4. The zero-order valence-corrected chi connectivity index (χ0v) is 21.2. The smallest absolute Gasteiger partial charge is 0.255 e. The number of fused-ring (bicyclic) bond motifs is 5. The number of carbonyl (C=O) groups excluding carboxylic acids is 2. The summed E-state index contributed by atoms with van der Waals surface area (Å²) >= 11 is 6.26. The molecule has 1 fully saturated rings. The number of methoxy groups -OCH3 is 1. The Morgan fingerprint density at radius 3 is 2.57 bits per heavy atom. The number of amides is 2. The van der Waals surface area contributed by atoms with Crippen molar-refractivity contribution in [3.05, 3.63) is 100.0 Å². The van der Waals surface area contributed by atoms with Gasteiger partial charge in [0.1, 0.15) is 18.1 Å². The van der Waals surface area contributed by atoms with Crippen LogP contribution in [0.2, 0.25) is 5.02 Å². The second-order valence-electron chi connectivity index (χ2n) is 9.72. The maximum absolute atomic E-state index is 14.6. The number of piperazine rings is 1. The van der Waals surface area contributed by atoms with Crippen LogP contribution in [0.25, 0.3) is 10.9 Å². The summed E-state index contributed by atoms with van der Waals surface area (Å²) in [5.74, 6) is -0.371. The molecule has 37 heavy (non-hydrogen) atoms. The molecule has 4 aromatic rings. The summed E-state index contributed by atoms with van der Waals surface area (Å²) in [6, 6.07) is 20.1. The molecule has 2 amide bonds. The van der Waals surface area contributed by atoms with Gasteiger partial charge in [-0.3, -0.25) is 9.59 Å². The number of hydrogen-bond acceptors (Lipinski definition) is 3. The Morgan fingerprint density at radius 1 is 1.08 bits per heavy atom. The molecule has 0 aliphatic carbocycles. The molecule has 0 bridgehead atoms. The predicted molar refractivity (Wildman–Crippen MR) is 139 cm³/mol. The van der Waals surface area contributed by atoms with Crippen molar-refractivity contribution in [2.45, 2.75) is 24.9 Å². The van der Waals surface area contributed by atoms with Gasteiger partial charge in [-0.1, -0.05) is 48.0 Å². The molecule has 6 nitrogen and oxygen atoms in total. The van der Waals surface area contributed by atoms with Crippen LogP contribution in [-0.4, -0.2) is 46.8 Å². The van der Waals surface area contributed by atoms with Crippen LogP contribution in [-0.2, 0) is 21.7 Å². The van der Waals surface area contributed by atoms with E-state index in [1.807, 2.05) is 48.5 Å². The number of halogens is 2. The molecule has 188 valence electrons. The molecule has 3 aromatic carbocycles. The van der Waals surface area contributed by atoms with Gasteiger partial charge in [-0.25, -0.2) is 4.39 Å². The van der Waals surface area contributed by atoms with Gasteiger partial charge in [0.2, 0.25) is 5.91 Å². The van der Waals surface area contributed by atoms with Gasteiger partial charge in [0.25, 0.3) is 5.91 Å². The Hall–Kier alpha value is -3.84. The van der Waals surface area contributed by atoms with Crippen LogP contribution in [0.3, 0.4) is 0 Å². The van der Waals surface area contributed by atoms with Gasteiger partial charge in [0, 0.05) is 34.0 Å². The largest absolute Gasteiger partial charge is 0.497 e. The summed E-state index contributed by atoms with van der Waals surface area (Å²) < 4.78 is 19.9. The summed E-state index contributed by atoms with van der Waals surface area (Å²) in [4.78, 5) is 34.3. The summed E-state index contributed by atoms with van der Waals surface area (Å²) in [6.07, 6.45) is 0. The van der Waals surface area contributed by atoms with E-state index in [-0.39, 0.29) is 41.4 Å². The highest BCUT2D eigenvalue weighted by Crippen LogP contribution is 2.48. The van der Waals surface area contributed by atoms with Crippen molar-refractivity contribution in [3.8, 4) is 5.75 Å². The van der Waals surface area contributed by atoms with E-state index in [0.29, 0.717) is 12.2 Å². The second-order valence-corrected chi connectivity index (χ2v) is 10.1. The van der Waals surface area contributed by atoms with Crippen LogP contribution in [0.15, 0.2) is 66.7 Å². The molecule has 2 atom stereocenters. The average molecular weight is 518 g/mol. The number of hydrogen-bond donors (Lipinski definition) is 1. The van der Waals surface area contributed by atoms with Crippen LogP contribution in [0.4, 0.5) is 4.39 Å². The molecule has 0 unspecified atom stereocenters. The van der Waals surface area contributed by atoms with E-state index in [2.05, 4.69) is 4.98 Å². The minimum Gasteiger partial charge on any atom is -0.497 e. The van der Waals surface area contributed by atoms with Crippen LogP contribution < -0.4 is 4.74 Å².